The van der Waals surface area contributed by atoms with Crippen LogP contribution in [0.5, 0.6) is 0 Å². The predicted octanol–water partition coefficient (Wildman–Crippen LogP) is 0.710. The maximum Gasteiger partial charge on any atom is 0.417 e. The Balaban J connectivity index is 2.04. The van der Waals surface area contributed by atoms with Crippen molar-refractivity contribution in [2.75, 3.05) is 12.3 Å². The molecule has 0 aliphatic carbocycles. The third-order valence-electron chi connectivity index (χ3n) is 2.36. The van der Waals surface area contributed by atoms with Crippen molar-refractivity contribution in [1.82, 2.24) is 10.3 Å². The first-order valence-corrected chi connectivity index (χ1v) is 5.81. The van der Waals surface area contributed by atoms with Gasteiger partial charge in [0.2, 0.25) is 5.91 Å². The Morgan fingerprint density at radius 2 is 2.29 bits per heavy atom. The molecule has 1 aromatic heterocycles. The topological polar surface area (TPSA) is 75.1 Å². The molecular weight excluding hydrogens is 240 g/mol. The van der Waals surface area contributed by atoms with E-state index in [9.17, 15) is 9.59 Å². The largest absolute Gasteiger partial charge is 0.417 e. The van der Waals surface area contributed by atoms with Gasteiger partial charge in [-0.25, -0.2) is 4.79 Å². The van der Waals surface area contributed by atoms with Gasteiger partial charge in [-0.3, -0.25) is 9.78 Å². The molecule has 0 saturated carbocycles. The van der Waals surface area contributed by atoms with Gasteiger partial charge in [-0.1, -0.05) is 6.07 Å². The predicted molar refractivity (Wildman–Crippen MR) is 67.4 cm³/mol. The van der Waals surface area contributed by atoms with Crippen molar-refractivity contribution in [3.8, 4) is 0 Å². The lowest BCUT2D eigenvalue weighted by Crippen LogP contribution is -2.26. The Labute approximate surface area is 103 Å². The fourth-order valence-corrected chi connectivity index (χ4v) is 1.66. The van der Waals surface area contributed by atoms with Crippen molar-refractivity contribution in [2.24, 2.45) is 0 Å². The van der Waals surface area contributed by atoms with E-state index in [0.29, 0.717) is 24.1 Å². The number of aromatic amines is 1. The average molecular weight is 252 g/mol. The molecule has 5 nitrogen and oxygen atoms in total. The normalized spacial score (nSPS) is 10.6. The highest BCUT2D eigenvalue weighted by molar-refractivity contribution is 7.81. The van der Waals surface area contributed by atoms with Crippen LogP contribution < -0.4 is 11.1 Å². The highest BCUT2D eigenvalue weighted by Gasteiger charge is 2.02. The second kappa shape index (κ2) is 5.09. The van der Waals surface area contributed by atoms with Gasteiger partial charge in [0.15, 0.2) is 5.58 Å². The molecule has 17 heavy (non-hydrogen) atoms. The van der Waals surface area contributed by atoms with Crippen LogP contribution in [0.1, 0.15) is 5.56 Å². The summed E-state index contributed by atoms with van der Waals surface area (Å²) in [5.74, 6) is -0.366. The lowest BCUT2D eigenvalue weighted by atomic mass is 10.1. The highest BCUT2D eigenvalue weighted by Crippen LogP contribution is 2.12. The molecule has 0 bridgehead atoms. The number of nitrogens with one attached hydrogen (secondary N) is 2. The van der Waals surface area contributed by atoms with Crippen LogP contribution in [0.15, 0.2) is 27.4 Å². The monoisotopic (exact) mass is 252 g/mol. The van der Waals surface area contributed by atoms with Gasteiger partial charge in [0, 0.05) is 6.54 Å². The molecular formula is C11H12N2O3S. The van der Waals surface area contributed by atoms with Crippen molar-refractivity contribution in [3.05, 3.63) is 34.3 Å². The molecule has 2 N–H and O–H groups in total. The molecule has 0 unspecified atom stereocenters. The number of rotatable bonds is 4. The first-order valence-electron chi connectivity index (χ1n) is 5.18. The minimum atomic E-state index is -0.458. The van der Waals surface area contributed by atoms with E-state index in [2.05, 4.69) is 22.9 Å². The smallest absolute Gasteiger partial charge is 0.408 e. The number of thiol groups is 1. The van der Waals surface area contributed by atoms with Gasteiger partial charge in [-0.05, 0) is 24.1 Å². The molecule has 0 fully saturated rings. The number of amides is 1. The van der Waals surface area contributed by atoms with Crippen LogP contribution in [0.25, 0.3) is 11.1 Å². The second-order valence-corrected chi connectivity index (χ2v) is 3.92. The van der Waals surface area contributed by atoms with Crippen LogP contribution >= 0.6 is 12.6 Å². The van der Waals surface area contributed by atoms with E-state index in [1.807, 2.05) is 6.07 Å². The van der Waals surface area contributed by atoms with Gasteiger partial charge in [-0.15, -0.1) is 0 Å². The van der Waals surface area contributed by atoms with E-state index in [4.69, 9.17) is 4.42 Å². The first kappa shape index (κ1) is 11.8. The Morgan fingerprint density at radius 1 is 1.47 bits per heavy atom. The van der Waals surface area contributed by atoms with E-state index in [-0.39, 0.29) is 11.7 Å². The fourth-order valence-electron chi connectivity index (χ4n) is 1.55. The minimum absolute atomic E-state index is 0.0948. The van der Waals surface area contributed by atoms with Gasteiger partial charge in [-0.2, -0.15) is 12.6 Å². The molecule has 1 heterocycles. The Bertz CT molecular complexity index is 588. The zero-order valence-corrected chi connectivity index (χ0v) is 9.92. The summed E-state index contributed by atoms with van der Waals surface area (Å²) in [5.41, 5.74) is 2.21. The number of carbonyl (C=O) groups is 1. The van der Waals surface area contributed by atoms with Crippen LogP contribution in [0.3, 0.4) is 0 Å². The zero-order chi connectivity index (χ0) is 12.3. The van der Waals surface area contributed by atoms with Crippen LogP contribution in [0, 0.1) is 0 Å². The van der Waals surface area contributed by atoms with Crippen molar-refractivity contribution < 1.29 is 9.21 Å². The summed E-state index contributed by atoms with van der Waals surface area (Å²) in [4.78, 5) is 24.5. The number of benzene rings is 1. The van der Waals surface area contributed by atoms with E-state index in [1.54, 1.807) is 12.1 Å². The van der Waals surface area contributed by atoms with Gasteiger partial charge in [0.25, 0.3) is 0 Å². The van der Waals surface area contributed by atoms with E-state index >= 15 is 0 Å². The molecule has 0 aliphatic heterocycles. The lowest BCUT2D eigenvalue weighted by Gasteiger charge is -2.03. The third-order valence-corrected chi connectivity index (χ3v) is 2.65. The summed E-state index contributed by atoms with van der Waals surface area (Å²) in [5, 5.41) is 2.72. The Kier molecular flexibility index (Phi) is 3.53. The second-order valence-electron chi connectivity index (χ2n) is 3.60. The number of carbonyl (C=O) groups excluding carboxylic acids is 1. The van der Waals surface area contributed by atoms with Crippen LogP contribution in [0.2, 0.25) is 0 Å². The van der Waals surface area contributed by atoms with Crippen molar-refractivity contribution >= 4 is 29.6 Å². The highest BCUT2D eigenvalue weighted by atomic mass is 32.1. The fraction of sp³-hybridized carbons (Fsp3) is 0.273. The van der Waals surface area contributed by atoms with Crippen LogP contribution in [-0.2, 0) is 11.2 Å². The van der Waals surface area contributed by atoms with Gasteiger partial charge >= 0.3 is 5.76 Å². The molecule has 1 aromatic carbocycles. The summed E-state index contributed by atoms with van der Waals surface area (Å²) in [6, 6.07) is 5.47. The van der Waals surface area contributed by atoms with Crippen molar-refractivity contribution in [1.29, 1.82) is 0 Å². The van der Waals surface area contributed by atoms with Gasteiger partial charge < -0.3 is 9.73 Å². The average Bonchev–Trinajstić information content (AvgIpc) is 2.68. The number of fused-ring (bicyclic) bond motifs is 1. The zero-order valence-electron chi connectivity index (χ0n) is 9.03. The third kappa shape index (κ3) is 2.91. The molecule has 6 heteroatoms. The number of oxazole rings is 1. The molecule has 1 amide bonds. The molecule has 90 valence electrons. The van der Waals surface area contributed by atoms with E-state index < -0.39 is 5.76 Å². The molecule has 2 aromatic rings. The number of aromatic nitrogens is 1. The van der Waals surface area contributed by atoms with Gasteiger partial charge in [0.1, 0.15) is 0 Å². The summed E-state index contributed by atoms with van der Waals surface area (Å²) < 4.78 is 4.95. The first-order chi connectivity index (χ1) is 8.19. The van der Waals surface area contributed by atoms with Gasteiger partial charge in [0.05, 0.1) is 11.3 Å². The number of hydrogen-bond acceptors (Lipinski definition) is 4. The molecule has 0 atom stereocenters. The Morgan fingerprint density at radius 3 is 3.06 bits per heavy atom. The number of hydrogen-bond donors (Lipinski definition) is 3. The summed E-state index contributed by atoms with van der Waals surface area (Å²) in [7, 11) is 0. The maximum absolute atomic E-state index is 11.0. The van der Waals surface area contributed by atoms with Crippen molar-refractivity contribution in [2.45, 2.75) is 6.42 Å². The Hall–Kier alpha value is -1.69. The molecule has 0 aliphatic rings. The maximum atomic E-state index is 11.0. The van der Waals surface area contributed by atoms with Crippen LogP contribution in [0.4, 0.5) is 0 Å². The number of H-pyrrole nitrogens is 1. The molecule has 2 rings (SSSR count). The summed E-state index contributed by atoms with van der Waals surface area (Å²) >= 11 is 3.86. The standard InChI is InChI=1S/C11H12N2O3S/c14-10(6-17)12-4-3-7-1-2-8-9(5-7)16-11(15)13-8/h1-2,5,17H,3-4,6H2,(H,12,14)(H,13,15). The van der Waals surface area contributed by atoms with Crippen LogP contribution in [-0.4, -0.2) is 23.2 Å². The molecule has 0 spiro atoms. The van der Waals surface area contributed by atoms with Crippen molar-refractivity contribution in [3.63, 3.8) is 0 Å². The molecule has 0 radical (unpaired) electrons. The summed E-state index contributed by atoms with van der Waals surface area (Å²) in [6.45, 7) is 0.541. The molecule has 0 saturated heterocycles. The summed E-state index contributed by atoms with van der Waals surface area (Å²) in [6.07, 6.45) is 0.685. The van der Waals surface area contributed by atoms with E-state index in [0.717, 1.165) is 5.56 Å². The quantitative estimate of drug-likeness (QED) is 0.701. The van der Waals surface area contributed by atoms with E-state index in [1.165, 1.54) is 0 Å². The SMILES string of the molecule is O=C(CS)NCCc1ccc2[nH]c(=O)oc2c1. The minimum Gasteiger partial charge on any atom is -0.408 e. The lowest BCUT2D eigenvalue weighted by molar-refractivity contribution is -0.118.